The van der Waals surface area contributed by atoms with E-state index in [9.17, 15) is 14.7 Å². The number of phenolic OH excluding ortho intramolecular Hbond substituents is 1. The Bertz CT molecular complexity index is 579. The summed E-state index contributed by atoms with van der Waals surface area (Å²) in [6, 6.07) is 7.05. The Labute approximate surface area is 143 Å². The molecule has 1 aliphatic carbocycles. The van der Waals surface area contributed by atoms with Crippen LogP contribution in [0.25, 0.3) is 0 Å². The van der Waals surface area contributed by atoms with Crippen molar-refractivity contribution in [2.75, 3.05) is 13.1 Å². The minimum absolute atomic E-state index is 0.0108. The number of nitrogens with one attached hydrogen (secondary N) is 1. The average Bonchev–Trinajstić information content (AvgIpc) is 2.60. The van der Waals surface area contributed by atoms with E-state index in [1.807, 2.05) is 12.1 Å². The Hall–Kier alpha value is -2.04. The number of phenols is 1. The monoisotopic (exact) mass is 330 g/mol. The van der Waals surface area contributed by atoms with Crippen molar-refractivity contribution in [1.29, 1.82) is 0 Å². The van der Waals surface area contributed by atoms with Crippen molar-refractivity contribution in [2.24, 2.45) is 5.92 Å². The lowest BCUT2D eigenvalue weighted by Gasteiger charge is -2.36. The van der Waals surface area contributed by atoms with Crippen LogP contribution in [0.4, 0.5) is 0 Å². The van der Waals surface area contributed by atoms with Crippen molar-refractivity contribution in [1.82, 2.24) is 10.2 Å². The molecule has 0 spiro atoms. The van der Waals surface area contributed by atoms with Crippen LogP contribution in [0, 0.1) is 5.92 Å². The zero-order valence-electron chi connectivity index (χ0n) is 14.0. The molecule has 0 unspecified atom stereocenters. The fourth-order valence-electron chi connectivity index (χ4n) is 3.86. The van der Waals surface area contributed by atoms with E-state index in [2.05, 4.69) is 5.32 Å². The molecule has 2 fully saturated rings. The summed E-state index contributed by atoms with van der Waals surface area (Å²) in [6.07, 6.45) is 8.08. The summed E-state index contributed by atoms with van der Waals surface area (Å²) in [7, 11) is 0. The first kappa shape index (κ1) is 16.8. The Morgan fingerprint density at radius 2 is 1.79 bits per heavy atom. The first-order chi connectivity index (χ1) is 11.6. The molecule has 1 atom stereocenters. The van der Waals surface area contributed by atoms with Crippen LogP contribution in [0.15, 0.2) is 24.3 Å². The second-order valence-corrected chi connectivity index (χ2v) is 7.03. The number of aromatic hydroxyl groups is 1. The summed E-state index contributed by atoms with van der Waals surface area (Å²) < 4.78 is 0. The molecule has 130 valence electrons. The second-order valence-electron chi connectivity index (χ2n) is 7.03. The largest absolute Gasteiger partial charge is 0.508 e. The van der Waals surface area contributed by atoms with Crippen LogP contribution in [0.3, 0.4) is 0 Å². The summed E-state index contributed by atoms with van der Waals surface area (Å²) in [4.78, 5) is 25.9. The van der Waals surface area contributed by atoms with E-state index in [1.165, 1.54) is 32.1 Å². The average molecular weight is 330 g/mol. The number of hydrogen-bond acceptors (Lipinski definition) is 3. The molecule has 1 saturated heterocycles. The first-order valence-electron chi connectivity index (χ1n) is 9.00. The highest BCUT2D eigenvalue weighted by Gasteiger charge is 2.34. The molecule has 1 heterocycles. The molecular formula is C19H26N2O3. The standard InChI is InChI=1S/C19H26N2O3/c22-17-8-6-15(7-9-17)12-16-13-20-18(23)19(24)21(16)11-10-14-4-2-1-3-5-14/h6-9,14,16,22H,1-5,10-13H2,(H,20,23)/t16-/m0/s1. The number of amides is 2. The van der Waals surface area contributed by atoms with Crippen LogP contribution < -0.4 is 5.32 Å². The summed E-state index contributed by atoms with van der Waals surface area (Å²) in [5.74, 6) is 0.0354. The van der Waals surface area contributed by atoms with Gasteiger partial charge in [-0.1, -0.05) is 44.2 Å². The number of carbonyl (C=O) groups excluding carboxylic acids is 2. The quantitative estimate of drug-likeness (QED) is 0.814. The van der Waals surface area contributed by atoms with Crippen molar-refractivity contribution < 1.29 is 14.7 Å². The summed E-state index contributed by atoms with van der Waals surface area (Å²) in [5, 5.41) is 12.1. The van der Waals surface area contributed by atoms with Gasteiger partial charge in [-0.05, 0) is 36.5 Å². The van der Waals surface area contributed by atoms with E-state index in [0.717, 1.165) is 12.0 Å². The third-order valence-corrected chi connectivity index (χ3v) is 5.30. The van der Waals surface area contributed by atoms with Gasteiger partial charge in [-0.15, -0.1) is 0 Å². The summed E-state index contributed by atoms with van der Waals surface area (Å²) in [6.45, 7) is 1.16. The molecule has 0 bridgehead atoms. The third kappa shape index (κ3) is 4.08. The maximum absolute atomic E-state index is 12.3. The highest BCUT2D eigenvalue weighted by Crippen LogP contribution is 2.27. The zero-order valence-corrected chi connectivity index (χ0v) is 14.0. The lowest BCUT2D eigenvalue weighted by atomic mass is 9.86. The molecule has 5 heteroatoms. The molecule has 5 nitrogen and oxygen atoms in total. The van der Waals surface area contributed by atoms with Gasteiger partial charge in [-0.25, -0.2) is 0 Å². The van der Waals surface area contributed by atoms with Crippen molar-refractivity contribution in [3.8, 4) is 5.75 Å². The number of hydrogen-bond donors (Lipinski definition) is 2. The maximum atomic E-state index is 12.3. The molecule has 2 amide bonds. The van der Waals surface area contributed by atoms with Gasteiger partial charge in [0.1, 0.15) is 5.75 Å². The van der Waals surface area contributed by atoms with Gasteiger partial charge in [0.05, 0.1) is 6.04 Å². The lowest BCUT2D eigenvalue weighted by Crippen LogP contribution is -2.59. The molecule has 2 N–H and O–H groups in total. The maximum Gasteiger partial charge on any atom is 0.312 e. The Balaban J connectivity index is 1.64. The van der Waals surface area contributed by atoms with Crippen LogP contribution in [-0.4, -0.2) is 41.0 Å². The van der Waals surface area contributed by atoms with Crippen molar-refractivity contribution in [2.45, 2.75) is 51.0 Å². The van der Waals surface area contributed by atoms with Crippen LogP contribution in [0.2, 0.25) is 0 Å². The minimum Gasteiger partial charge on any atom is -0.508 e. The SMILES string of the molecule is O=C1NC[C@H](Cc2ccc(O)cc2)N(CCC2CCCCC2)C1=O. The van der Waals surface area contributed by atoms with Gasteiger partial charge in [0, 0.05) is 13.1 Å². The molecule has 1 saturated carbocycles. The predicted octanol–water partition coefficient (Wildman–Crippen LogP) is 2.23. The Kier molecular flexibility index (Phi) is 5.38. The van der Waals surface area contributed by atoms with Gasteiger partial charge in [0.2, 0.25) is 0 Å². The second kappa shape index (κ2) is 7.69. The molecule has 2 aliphatic rings. The highest BCUT2D eigenvalue weighted by atomic mass is 16.3. The first-order valence-corrected chi connectivity index (χ1v) is 9.00. The van der Waals surface area contributed by atoms with Crippen molar-refractivity contribution >= 4 is 11.8 Å². The molecule has 24 heavy (non-hydrogen) atoms. The van der Waals surface area contributed by atoms with Crippen LogP contribution >= 0.6 is 0 Å². The molecule has 1 aromatic rings. The minimum atomic E-state index is -0.486. The fourth-order valence-corrected chi connectivity index (χ4v) is 3.86. The highest BCUT2D eigenvalue weighted by molar-refractivity contribution is 6.35. The van der Waals surface area contributed by atoms with Gasteiger partial charge in [-0.3, -0.25) is 9.59 Å². The molecule has 1 aliphatic heterocycles. The van der Waals surface area contributed by atoms with Gasteiger partial charge in [0.15, 0.2) is 0 Å². The fraction of sp³-hybridized carbons (Fsp3) is 0.579. The van der Waals surface area contributed by atoms with Gasteiger partial charge in [0.25, 0.3) is 0 Å². The van der Waals surface area contributed by atoms with Gasteiger partial charge >= 0.3 is 11.8 Å². The third-order valence-electron chi connectivity index (χ3n) is 5.30. The molecular weight excluding hydrogens is 304 g/mol. The molecule has 3 rings (SSSR count). The Morgan fingerprint density at radius 3 is 2.50 bits per heavy atom. The van der Waals surface area contributed by atoms with Crippen LogP contribution in [-0.2, 0) is 16.0 Å². The Morgan fingerprint density at radius 1 is 1.08 bits per heavy atom. The van der Waals surface area contributed by atoms with E-state index in [4.69, 9.17) is 0 Å². The summed E-state index contributed by atoms with van der Waals surface area (Å²) in [5.41, 5.74) is 1.06. The molecule has 1 aromatic carbocycles. The van der Waals surface area contributed by atoms with E-state index < -0.39 is 11.8 Å². The van der Waals surface area contributed by atoms with Gasteiger partial charge in [-0.2, -0.15) is 0 Å². The van der Waals surface area contributed by atoms with Crippen LogP contribution in [0.5, 0.6) is 5.75 Å². The van der Waals surface area contributed by atoms with Gasteiger partial charge < -0.3 is 15.3 Å². The summed E-state index contributed by atoms with van der Waals surface area (Å²) >= 11 is 0. The van der Waals surface area contributed by atoms with Crippen molar-refractivity contribution in [3.63, 3.8) is 0 Å². The van der Waals surface area contributed by atoms with E-state index in [0.29, 0.717) is 25.4 Å². The molecule has 0 radical (unpaired) electrons. The lowest BCUT2D eigenvalue weighted by molar-refractivity contribution is -0.150. The number of nitrogens with zero attached hydrogens (tertiary/aromatic N) is 1. The number of carbonyl (C=O) groups is 2. The van der Waals surface area contributed by atoms with E-state index in [1.54, 1.807) is 17.0 Å². The predicted molar refractivity (Wildman–Crippen MR) is 91.5 cm³/mol. The topological polar surface area (TPSA) is 69.6 Å². The van der Waals surface area contributed by atoms with Crippen LogP contribution in [0.1, 0.15) is 44.1 Å². The van der Waals surface area contributed by atoms with Crippen molar-refractivity contribution in [3.05, 3.63) is 29.8 Å². The zero-order chi connectivity index (χ0) is 16.9. The number of benzene rings is 1. The number of piperazine rings is 1. The van der Waals surface area contributed by atoms with E-state index >= 15 is 0 Å². The normalized spacial score (nSPS) is 22.5. The molecule has 0 aromatic heterocycles. The number of rotatable bonds is 5. The van der Waals surface area contributed by atoms with E-state index in [-0.39, 0.29) is 11.8 Å². The smallest absolute Gasteiger partial charge is 0.312 e.